The van der Waals surface area contributed by atoms with Gasteiger partial charge in [-0.05, 0) is 77.4 Å². The van der Waals surface area contributed by atoms with E-state index in [9.17, 15) is 5.11 Å². The Labute approximate surface area is 132 Å². The topological polar surface area (TPSA) is 29.5 Å². The summed E-state index contributed by atoms with van der Waals surface area (Å²) in [7, 11) is 0. The van der Waals surface area contributed by atoms with Gasteiger partial charge in [-0.3, -0.25) is 0 Å². The number of aliphatic hydroxyl groups is 1. The van der Waals surface area contributed by atoms with E-state index in [2.05, 4.69) is 42.5 Å². The minimum atomic E-state index is -0.582. The van der Waals surface area contributed by atoms with Crippen LogP contribution in [0.3, 0.4) is 0 Å². The molecule has 1 aliphatic rings. The summed E-state index contributed by atoms with van der Waals surface area (Å²) in [6.45, 7) is 4.17. The van der Waals surface area contributed by atoms with Gasteiger partial charge in [-0.15, -0.1) is 0 Å². The normalized spacial score (nSPS) is 17.4. The van der Waals surface area contributed by atoms with Crippen molar-refractivity contribution in [3.63, 3.8) is 0 Å². The van der Waals surface area contributed by atoms with Crippen molar-refractivity contribution in [3.8, 4) is 5.75 Å². The fourth-order valence-electron chi connectivity index (χ4n) is 2.64. The molecule has 2 aromatic rings. The standard InChI is InChI=1S/C17H17IO2/c1-17(2)10-13-9-12(5-8-15(13)20-17)16(19)11-3-6-14(18)7-4-11/h3-9,16,19H,10H2,1-2H3. The van der Waals surface area contributed by atoms with Crippen LogP contribution >= 0.6 is 22.6 Å². The predicted octanol–water partition coefficient (Wildman–Crippen LogP) is 4.09. The third kappa shape index (κ3) is 2.69. The van der Waals surface area contributed by atoms with Crippen molar-refractivity contribution < 1.29 is 9.84 Å². The van der Waals surface area contributed by atoms with Gasteiger partial charge in [0, 0.05) is 9.99 Å². The highest BCUT2D eigenvalue weighted by Crippen LogP contribution is 2.37. The van der Waals surface area contributed by atoms with Gasteiger partial charge in [0.1, 0.15) is 17.5 Å². The van der Waals surface area contributed by atoms with Crippen molar-refractivity contribution in [1.29, 1.82) is 0 Å². The second-order valence-electron chi connectivity index (χ2n) is 5.86. The molecule has 0 spiro atoms. The average molecular weight is 380 g/mol. The molecule has 1 atom stereocenters. The highest BCUT2D eigenvalue weighted by molar-refractivity contribution is 14.1. The Morgan fingerprint density at radius 1 is 1.10 bits per heavy atom. The van der Waals surface area contributed by atoms with Crippen LogP contribution in [0.1, 0.15) is 36.6 Å². The average Bonchev–Trinajstić information content (AvgIpc) is 2.71. The molecule has 3 rings (SSSR count). The van der Waals surface area contributed by atoms with Crippen molar-refractivity contribution in [2.45, 2.75) is 32.0 Å². The zero-order valence-corrected chi connectivity index (χ0v) is 13.7. The maximum Gasteiger partial charge on any atom is 0.123 e. The van der Waals surface area contributed by atoms with Gasteiger partial charge >= 0.3 is 0 Å². The molecule has 1 heterocycles. The minimum Gasteiger partial charge on any atom is -0.487 e. The molecule has 0 amide bonds. The third-order valence-electron chi connectivity index (χ3n) is 3.59. The van der Waals surface area contributed by atoms with E-state index in [0.29, 0.717) is 0 Å². The van der Waals surface area contributed by atoms with Crippen molar-refractivity contribution in [3.05, 3.63) is 62.7 Å². The molecule has 104 valence electrons. The van der Waals surface area contributed by atoms with Crippen LogP contribution in [0.15, 0.2) is 42.5 Å². The molecule has 0 saturated heterocycles. The van der Waals surface area contributed by atoms with Crippen molar-refractivity contribution in [1.82, 2.24) is 0 Å². The van der Waals surface area contributed by atoms with Gasteiger partial charge in [-0.25, -0.2) is 0 Å². The first kappa shape index (κ1) is 13.9. The third-order valence-corrected chi connectivity index (χ3v) is 4.31. The molecule has 0 fully saturated rings. The number of benzene rings is 2. The van der Waals surface area contributed by atoms with Crippen molar-refractivity contribution in [2.24, 2.45) is 0 Å². The van der Waals surface area contributed by atoms with E-state index in [4.69, 9.17) is 4.74 Å². The molecule has 1 unspecified atom stereocenters. The van der Waals surface area contributed by atoms with E-state index in [1.807, 2.05) is 36.4 Å². The van der Waals surface area contributed by atoms with Gasteiger partial charge in [0.25, 0.3) is 0 Å². The van der Waals surface area contributed by atoms with Gasteiger partial charge in [-0.1, -0.05) is 18.2 Å². The number of ether oxygens (including phenoxy) is 1. The van der Waals surface area contributed by atoms with Crippen LogP contribution in [0.4, 0.5) is 0 Å². The van der Waals surface area contributed by atoms with Crippen LogP contribution < -0.4 is 4.74 Å². The summed E-state index contributed by atoms with van der Waals surface area (Å²) in [4.78, 5) is 0. The van der Waals surface area contributed by atoms with Crippen LogP contribution in [-0.2, 0) is 6.42 Å². The molecule has 1 N–H and O–H groups in total. The first-order chi connectivity index (χ1) is 9.44. The lowest BCUT2D eigenvalue weighted by molar-refractivity contribution is 0.138. The number of aliphatic hydroxyl groups excluding tert-OH is 1. The number of fused-ring (bicyclic) bond motifs is 1. The molecule has 3 heteroatoms. The lowest BCUT2D eigenvalue weighted by atomic mass is 9.96. The largest absolute Gasteiger partial charge is 0.487 e. The first-order valence-corrected chi connectivity index (χ1v) is 7.78. The summed E-state index contributed by atoms with van der Waals surface area (Å²) >= 11 is 2.26. The summed E-state index contributed by atoms with van der Waals surface area (Å²) in [5, 5.41) is 10.5. The summed E-state index contributed by atoms with van der Waals surface area (Å²) in [6, 6.07) is 13.9. The Morgan fingerprint density at radius 3 is 2.45 bits per heavy atom. The Kier molecular flexibility index (Phi) is 3.50. The van der Waals surface area contributed by atoms with Crippen molar-refractivity contribution >= 4 is 22.6 Å². The quantitative estimate of drug-likeness (QED) is 0.796. The Bertz CT molecular complexity index is 632. The molecule has 0 aliphatic carbocycles. The van der Waals surface area contributed by atoms with E-state index in [1.165, 1.54) is 9.13 Å². The van der Waals surface area contributed by atoms with E-state index in [0.717, 1.165) is 23.3 Å². The smallest absolute Gasteiger partial charge is 0.123 e. The van der Waals surface area contributed by atoms with Gasteiger partial charge in [-0.2, -0.15) is 0 Å². The fourth-order valence-corrected chi connectivity index (χ4v) is 3.00. The fraction of sp³-hybridized carbons (Fsp3) is 0.294. The molecule has 2 aromatic carbocycles. The zero-order valence-electron chi connectivity index (χ0n) is 11.6. The van der Waals surface area contributed by atoms with Gasteiger partial charge in [0.15, 0.2) is 0 Å². The molecular formula is C17H17IO2. The van der Waals surface area contributed by atoms with E-state index in [-0.39, 0.29) is 5.60 Å². The summed E-state index contributed by atoms with van der Waals surface area (Å²) in [5.41, 5.74) is 2.88. The van der Waals surface area contributed by atoms with Crippen LogP contribution in [0.2, 0.25) is 0 Å². The number of halogens is 1. The Balaban J connectivity index is 1.90. The van der Waals surface area contributed by atoms with Crippen molar-refractivity contribution in [2.75, 3.05) is 0 Å². The second-order valence-corrected chi connectivity index (χ2v) is 7.11. The molecule has 2 nitrogen and oxygen atoms in total. The Morgan fingerprint density at radius 2 is 1.75 bits per heavy atom. The molecule has 0 radical (unpaired) electrons. The highest BCUT2D eigenvalue weighted by Gasteiger charge is 2.30. The zero-order chi connectivity index (χ0) is 14.3. The molecular weight excluding hydrogens is 363 g/mol. The summed E-state index contributed by atoms with van der Waals surface area (Å²) in [5.74, 6) is 0.938. The predicted molar refractivity (Wildman–Crippen MR) is 88.1 cm³/mol. The van der Waals surface area contributed by atoms with Gasteiger partial charge < -0.3 is 9.84 Å². The molecule has 0 saturated carbocycles. The van der Waals surface area contributed by atoms with Crippen LogP contribution in [-0.4, -0.2) is 10.7 Å². The van der Waals surface area contributed by atoms with E-state index in [1.54, 1.807) is 0 Å². The minimum absolute atomic E-state index is 0.144. The maximum absolute atomic E-state index is 10.5. The van der Waals surface area contributed by atoms with E-state index >= 15 is 0 Å². The lowest BCUT2D eigenvalue weighted by Gasteiger charge is -2.16. The molecule has 20 heavy (non-hydrogen) atoms. The maximum atomic E-state index is 10.5. The Hall–Kier alpha value is -1.07. The highest BCUT2D eigenvalue weighted by atomic mass is 127. The lowest BCUT2D eigenvalue weighted by Crippen LogP contribution is -2.24. The molecule has 1 aliphatic heterocycles. The number of hydrogen-bond donors (Lipinski definition) is 1. The molecule has 0 bridgehead atoms. The number of rotatable bonds is 2. The summed E-state index contributed by atoms with van der Waals surface area (Å²) in [6.07, 6.45) is 0.302. The molecule has 0 aromatic heterocycles. The van der Waals surface area contributed by atoms with Crippen LogP contribution in [0, 0.1) is 3.57 Å². The first-order valence-electron chi connectivity index (χ1n) is 6.70. The monoisotopic (exact) mass is 380 g/mol. The summed E-state index contributed by atoms with van der Waals surface area (Å²) < 4.78 is 7.04. The van der Waals surface area contributed by atoms with Crippen LogP contribution in [0.5, 0.6) is 5.75 Å². The van der Waals surface area contributed by atoms with E-state index < -0.39 is 6.10 Å². The number of hydrogen-bond acceptors (Lipinski definition) is 2. The van der Waals surface area contributed by atoms with Gasteiger partial charge in [0.2, 0.25) is 0 Å². The second kappa shape index (κ2) is 5.04. The van der Waals surface area contributed by atoms with Gasteiger partial charge in [0.05, 0.1) is 0 Å². The van der Waals surface area contributed by atoms with Crippen LogP contribution in [0.25, 0.3) is 0 Å². The SMILES string of the molecule is CC1(C)Cc2cc(C(O)c3ccc(I)cc3)ccc2O1.